The summed E-state index contributed by atoms with van der Waals surface area (Å²) in [6.45, 7) is 3.65. The molecule has 1 fully saturated rings. The van der Waals surface area contributed by atoms with Gasteiger partial charge < -0.3 is 20.1 Å². The van der Waals surface area contributed by atoms with Gasteiger partial charge >= 0.3 is 0 Å². The monoisotopic (exact) mass is 278 g/mol. The van der Waals surface area contributed by atoms with E-state index in [0.717, 1.165) is 17.7 Å². The summed E-state index contributed by atoms with van der Waals surface area (Å²) >= 11 is 0. The Morgan fingerprint density at radius 2 is 2.30 bits per heavy atom. The van der Waals surface area contributed by atoms with Gasteiger partial charge in [0.05, 0.1) is 6.61 Å². The number of aryl methyl sites for hydroxylation is 1. The summed E-state index contributed by atoms with van der Waals surface area (Å²) in [5, 5.41) is 6.02. The highest BCUT2D eigenvalue weighted by Gasteiger charge is 2.35. The van der Waals surface area contributed by atoms with Crippen LogP contribution in [0.4, 0.5) is 5.69 Å². The first-order valence-electron chi connectivity index (χ1n) is 6.80. The van der Waals surface area contributed by atoms with Crippen LogP contribution >= 0.6 is 0 Å². The summed E-state index contributed by atoms with van der Waals surface area (Å²) in [4.78, 5) is 12.2. The lowest BCUT2D eigenvalue weighted by atomic mass is 10.0. The van der Waals surface area contributed by atoms with Crippen molar-refractivity contribution in [3.63, 3.8) is 0 Å². The maximum Gasteiger partial charge on any atom is 0.251 e. The molecule has 1 aromatic rings. The van der Waals surface area contributed by atoms with E-state index >= 15 is 0 Å². The first kappa shape index (κ1) is 14.8. The number of amides is 1. The van der Waals surface area contributed by atoms with E-state index in [2.05, 4.69) is 10.6 Å². The Kier molecular flexibility index (Phi) is 4.62. The maximum absolute atomic E-state index is 12.2. The average molecular weight is 278 g/mol. The van der Waals surface area contributed by atoms with Crippen molar-refractivity contribution in [2.24, 2.45) is 0 Å². The Labute approximate surface area is 119 Å². The number of rotatable bonds is 5. The topological polar surface area (TPSA) is 59.6 Å². The fourth-order valence-electron chi connectivity index (χ4n) is 2.39. The molecule has 1 aliphatic rings. The summed E-state index contributed by atoms with van der Waals surface area (Å²) < 4.78 is 10.8. The number of ether oxygens (including phenoxy) is 2. The van der Waals surface area contributed by atoms with Crippen molar-refractivity contribution in [2.45, 2.75) is 18.9 Å². The molecule has 110 valence electrons. The summed E-state index contributed by atoms with van der Waals surface area (Å²) in [7, 11) is 3.53. The average Bonchev–Trinajstić information content (AvgIpc) is 2.94. The number of carbonyl (C=O) groups excluding carboxylic acids is 1. The second-order valence-electron chi connectivity index (χ2n) is 5.15. The van der Waals surface area contributed by atoms with Crippen LogP contribution in [0.3, 0.4) is 0 Å². The predicted molar refractivity (Wildman–Crippen MR) is 78.2 cm³/mol. The van der Waals surface area contributed by atoms with Crippen molar-refractivity contribution >= 4 is 11.6 Å². The number of hydrogen-bond acceptors (Lipinski definition) is 4. The SMILES string of the molecule is CNc1ccc(C(=O)NCC2(OC)CCOC2)cc1C. The number of nitrogens with one attached hydrogen (secondary N) is 2. The van der Waals surface area contributed by atoms with Crippen LogP contribution < -0.4 is 10.6 Å². The lowest BCUT2D eigenvalue weighted by Crippen LogP contribution is -2.45. The number of anilines is 1. The summed E-state index contributed by atoms with van der Waals surface area (Å²) in [5.41, 5.74) is 2.35. The fraction of sp³-hybridized carbons (Fsp3) is 0.533. The Morgan fingerprint density at radius 1 is 1.50 bits per heavy atom. The summed E-state index contributed by atoms with van der Waals surface area (Å²) in [5.74, 6) is -0.0842. The van der Waals surface area contributed by atoms with Crippen LogP contribution in [0.5, 0.6) is 0 Å². The van der Waals surface area contributed by atoms with E-state index in [0.29, 0.717) is 25.3 Å². The lowest BCUT2D eigenvalue weighted by Gasteiger charge is -2.25. The van der Waals surface area contributed by atoms with E-state index < -0.39 is 0 Å². The molecule has 1 unspecified atom stereocenters. The van der Waals surface area contributed by atoms with Crippen LogP contribution in [0.2, 0.25) is 0 Å². The molecule has 5 heteroatoms. The Bertz CT molecular complexity index is 482. The zero-order chi connectivity index (χ0) is 14.6. The van der Waals surface area contributed by atoms with Gasteiger partial charge in [0.2, 0.25) is 0 Å². The third-order valence-corrected chi connectivity index (χ3v) is 3.83. The minimum absolute atomic E-state index is 0.0842. The van der Waals surface area contributed by atoms with Crippen molar-refractivity contribution in [1.29, 1.82) is 0 Å². The molecule has 2 rings (SSSR count). The summed E-state index contributed by atoms with van der Waals surface area (Å²) in [6.07, 6.45) is 0.807. The standard InChI is InChI=1S/C15H22N2O3/c1-11-8-12(4-5-13(11)16-2)14(18)17-9-15(19-3)6-7-20-10-15/h4-5,8,16H,6-7,9-10H2,1-3H3,(H,17,18). The first-order chi connectivity index (χ1) is 9.60. The van der Waals surface area contributed by atoms with Crippen LogP contribution in [0.25, 0.3) is 0 Å². The van der Waals surface area contributed by atoms with Gasteiger partial charge in [0, 0.05) is 45.0 Å². The van der Waals surface area contributed by atoms with Crippen LogP contribution in [-0.2, 0) is 9.47 Å². The van der Waals surface area contributed by atoms with Crippen molar-refractivity contribution in [2.75, 3.05) is 39.2 Å². The van der Waals surface area contributed by atoms with E-state index in [1.165, 1.54) is 0 Å². The third kappa shape index (κ3) is 3.11. The first-order valence-corrected chi connectivity index (χ1v) is 6.80. The molecule has 0 bridgehead atoms. The highest BCUT2D eigenvalue weighted by Crippen LogP contribution is 2.22. The van der Waals surface area contributed by atoms with Gasteiger partial charge in [0.25, 0.3) is 5.91 Å². The summed E-state index contributed by atoms with van der Waals surface area (Å²) in [6, 6.07) is 5.61. The molecule has 20 heavy (non-hydrogen) atoms. The molecule has 0 aliphatic carbocycles. The molecule has 1 atom stereocenters. The fourth-order valence-corrected chi connectivity index (χ4v) is 2.39. The molecule has 1 saturated heterocycles. The van der Waals surface area contributed by atoms with Crippen molar-refractivity contribution < 1.29 is 14.3 Å². The van der Waals surface area contributed by atoms with Gasteiger partial charge in [-0.05, 0) is 30.7 Å². The van der Waals surface area contributed by atoms with Gasteiger partial charge in [-0.2, -0.15) is 0 Å². The Hall–Kier alpha value is -1.59. The minimum Gasteiger partial charge on any atom is -0.388 e. The Morgan fingerprint density at radius 3 is 2.85 bits per heavy atom. The Balaban J connectivity index is 1.99. The highest BCUT2D eigenvalue weighted by atomic mass is 16.5. The predicted octanol–water partition coefficient (Wildman–Crippen LogP) is 1.57. The van der Waals surface area contributed by atoms with E-state index in [9.17, 15) is 4.79 Å². The number of benzene rings is 1. The molecule has 0 spiro atoms. The highest BCUT2D eigenvalue weighted by molar-refractivity contribution is 5.94. The minimum atomic E-state index is -0.379. The van der Waals surface area contributed by atoms with Crippen molar-refractivity contribution in [3.8, 4) is 0 Å². The second-order valence-corrected chi connectivity index (χ2v) is 5.15. The zero-order valence-electron chi connectivity index (χ0n) is 12.3. The van der Waals surface area contributed by atoms with Crippen LogP contribution in [0.15, 0.2) is 18.2 Å². The molecular weight excluding hydrogens is 256 g/mol. The molecule has 2 N–H and O–H groups in total. The zero-order valence-corrected chi connectivity index (χ0v) is 12.3. The van der Waals surface area contributed by atoms with Gasteiger partial charge in [-0.1, -0.05) is 0 Å². The number of hydrogen-bond donors (Lipinski definition) is 2. The van der Waals surface area contributed by atoms with Crippen LogP contribution in [-0.4, -0.2) is 45.4 Å². The molecule has 5 nitrogen and oxygen atoms in total. The quantitative estimate of drug-likeness (QED) is 0.858. The number of carbonyl (C=O) groups is 1. The molecule has 1 heterocycles. The molecule has 1 aromatic carbocycles. The molecule has 0 aromatic heterocycles. The lowest BCUT2D eigenvalue weighted by molar-refractivity contribution is -0.0148. The van der Waals surface area contributed by atoms with E-state index in [-0.39, 0.29) is 11.5 Å². The normalized spacial score (nSPS) is 21.8. The van der Waals surface area contributed by atoms with Crippen LogP contribution in [0, 0.1) is 6.92 Å². The number of methoxy groups -OCH3 is 1. The molecule has 0 saturated carbocycles. The van der Waals surface area contributed by atoms with E-state index in [1.54, 1.807) is 7.11 Å². The van der Waals surface area contributed by atoms with Crippen molar-refractivity contribution in [1.82, 2.24) is 5.32 Å². The largest absolute Gasteiger partial charge is 0.388 e. The van der Waals surface area contributed by atoms with Crippen LogP contribution in [0.1, 0.15) is 22.3 Å². The molecule has 1 aliphatic heterocycles. The van der Waals surface area contributed by atoms with Gasteiger partial charge in [-0.15, -0.1) is 0 Å². The molecule has 1 amide bonds. The molecular formula is C15H22N2O3. The van der Waals surface area contributed by atoms with Crippen molar-refractivity contribution in [3.05, 3.63) is 29.3 Å². The van der Waals surface area contributed by atoms with Gasteiger partial charge in [-0.25, -0.2) is 0 Å². The van der Waals surface area contributed by atoms with Gasteiger partial charge in [0.1, 0.15) is 5.60 Å². The third-order valence-electron chi connectivity index (χ3n) is 3.83. The van der Waals surface area contributed by atoms with Gasteiger partial charge in [0.15, 0.2) is 0 Å². The van der Waals surface area contributed by atoms with Gasteiger partial charge in [-0.3, -0.25) is 4.79 Å². The molecule has 0 radical (unpaired) electrons. The van der Waals surface area contributed by atoms with E-state index in [1.807, 2.05) is 32.2 Å². The second kappa shape index (κ2) is 6.24. The van der Waals surface area contributed by atoms with E-state index in [4.69, 9.17) is 9.47 Å². The smallest absolute Gasteiger partial charge is 0.251 e. The maximum atomic E-state index is 12.2.